The highest BCUT2D eigenvalue weighted by Gasteiger charge is 2.16. The van der Waals surface area contributed by atoms with Crippen LogP contribution >= 0.6 is 0 Å². The van der Waals surface area contributed by atoms with Crippen LogP contribution in [0.1, 0.15) is 21.5 Å². The Bertz CT molecular complexity index is 635. The molecule has 0 atom stereocenters. The molecule has 0 aromatic heterocycles. The van der Waals surface area contributed by atoms with Crippen LogP contribution in [0.3, 0.4) is 0 Å². The first-order valence-corrected chi connectivity index (χ1v) is 6.70. The van der Waals surface area contributed by atoms with Gasteiger partial charge in [0.15, 0.2) is 0 Å². The maximum atomic E-state index is 12.4. The molecule has 0 aliphatic rings. The van der Waals surface area contributed by atoms with Gasteiger partial charge in [-0.1, -0.05) is 24.3 Å². The van der Waals surface area contributed by atoms with E-state index in [1.165, 1.54) is 0 Å². The first-order valence-electron chi connectivity index (χ1n) is 6.70. The summed E-state index contributed by atoms with van der Waals surface area (Å²) in [4.78, 5) is 14.0. The van der Waals surface area contributed by atoms with Crippen molar-refractivity contribution >= 4 is 5.91 Å². The van der Waals surface area contributed by atoms with Crippen LogP contribution in [-0.4, -0.2) is 30.1 Å². The Balaban J connectivity index is 2.13. The number of amides is 1. The Hall–Kier alpha value is -2.49. The topological polar surface area (TPSA) is 49.8 Å². The minimum atomic E-state index is -0.202. The van der Waals surface area contributed by atoms with Crippen molar-refractivity contribution in [3.63, 3.8) is 0 Å². The molecule has 110 valence electrons. The number of aromatic hydroxyl groups is 1. The van der Waals surface area contributed by atoms with E-state index in [0.717, 1.165) is 11.3 Å². The number of phenolic OH excluding ortho intramolecular Hbond substituents is 1. The first kappa shape index (κ1) is 14.9. The Labute approximate surface area is 124 Å². The number of ether oxygens (including phenoxy) is 1. The number of benzene rings is 2. The third-order valence-electron chi connectivity index (χ3n) is 3.39. The number of hydrogen-bond donors (Lipinski definition) is 1. The Morgan fingerprint density at radius 2 is 1.86 bits per heavy atom. The molecule has 2 aromatic carbocycles. The Kier molecular flexibility index (Phi) is 4.48. The molecule has 4 nitrogen and oxygen atoms in total. The molecule has 0 radical (unpaired) electrons. The molecule has 4 heteroatoms. The zero-order valence-electron chi connectivity index (χ0n) is 12.5. The number of phenols is 1. The zero-order valence-corrected chi connectivity index (χ0v) is 12.5. The van der Waals surface area contributed by atoms with Crippen molar-refractivity contribution < 1.29 is 14.6 Å². The summed E-state index contributed by atoms with van der Waals surface area (Å²) in [5, 5.41) is 9.99. The maximum Gasteiger partial charge on any atom is 0.257 e. The minimum absolute atomic E-state index is 0.0454. The summed E-state index contributed by atoms with van der Waals surface area (Å²) in [7, 11) is 3.33. The lowest BCUT2D eigenvalue weighted by atomic mass is 10.1. The number of nitrogens with zero attached hydrogens (tertiary/aromatic N) is 1. The summed E-state index contributed by atoms with van der Waals surface area (Å²) < 4.78 is 5.11. The van der Waals surface area contributed by atoms with E-state index >= 15 is 0 Å². The molecule has 0 heterocycles. The van der Waals surface area contributed by atoms with Crippen LogP contribution in [0, 0.1) is 6.92 Å². The zero-order chi connectivity index (χ0) is 15.4. The molecule has 0 aliphatic heterocycles. The number of carbonyl (C=O) groups is 1. The summed E-state index contributed by atoms with van der Waals surface area (Å²) in [6.07, 6.45) is 0. The summed E-state index contributed by atoms with van der Waals surface area (Å²) in [5.41, 5.74) is 2.02. The molecule has 0 bridgehead atoms. The third-order valence-corrected chi connectivity index (χ3v) is 3.39. The molecule has 0 aliphatic carbocycles. The van der Waals surface area contributed by atoms with Gasteiger partial charge in [0.25, 0.3) is 5.91 Å². The molecule has 0 fully saturated rings. The summed E-state index contributed by atoms with van der Waals surface area (Å²) in [6, 6.07) is 12.7. The molecule has 0 saturated carbocycles. The molecule has 1 amide bonds. The lowest BCUT2D eigenvalue weighted by Crippen LogP contribution is -2.26. The van der Waals surface area contributed by atoms with E-state index in [9.17, 15) is 9.90 Å². The molecule has 0 spiro atoms. The second-order valence-electron chi connectivity index (χ2n) is 4.98. The standard InChI is InChI=1S/C17H19NO3/c1-12-5-4-6-15(16(12)19)17(20)18(2)11-13-7-9-14(21-3)10-8-13/h4-10,19H,11H2,1-3H3. The van der Waals surface area contributed by atoms with E-state index in [1.54, 1.807) is 44.2 Å². The molecule has 1 N–H and O–H groups in total. The van der Waals surface area contributed by atoms with Gasteiger partial charge >= 0.3 is 0 Å². The average Bonchev–Trinajstić information content (AvgIpc) is 2.50. The van der Waals surface area contributed by atoms with Crippen molar-refractivity contribution in [2.75, 3.05) is 14.2 Å². The molecule has 21 heavy (non-hydrogen) atoms. The smallest absolute Gasteiger partial charge is 0.257 e. The van der Waals surface area contributed by atoms with E-state index < -0.39 is 0 Å². The fourth-order valence-electron chi connectivity index (χ4n) is 2.11. The molecule has 2 rings (SSSR count). The maximum absolute atomic E-state index is 12.4. The van der Waals surface area contributed by atoms with Gasteiger partial charge < -0.3 is 14.7 Å². The number of aryl methyl sites for hydroxylation is 1. The van der Waals surface area contributed by atoms with Gasteiger partial charge in [0.2, 0.25) is 0 Å². The number of rotatable bonds is 4. The number of methoxy groups -OCH3 is 1. The second-order valence-corrected chi connectivity index (χ2v) is 4.98. The van der Waals surface area contributed by atoms with Crippen molar-refractivity contribution in [2.45, 2.75) is 13.5 Å². The quantitative estimate of drug-likeness (QED) is 0.939. The molecule has 2 aromatic rings. The number of hydrogen-bond acceptors (Lipinski definition) is 3. The van der Waals surface area contributed by atoms with Crippen LogP contribution in [0.25, 0.3) is 0 Å². The molecular weight excluding hydrogens is 266 g/mol. The minimum Gasteiger partial charge on any atom is -0.507 e. The van der Waals surface area contributed by atoms with E-state index in [-0.39, 0.29) is 11.7 Å². The highest BCUT2D eigenvalue weighted by Crippen LogP contribution is 2.23. The van der Waals surface area contributed by atoms with E-state index in [2.05, 4.69) is 0 Å². The Morgan fingerprint density at radius 3 is 2.48 bits per heavy atom. The fraction of sp³-hybridized carbons (Fsp3) is 0.235. The van der Waals surface area contributed by atoms with Gasteiger partial charge in [-0.05, 0) is 36.2 Å². The Morgan fingerprint density at radius 1 is 1.19 bits per heavy atom. The van der Waals surface area contributed by atoms with Gasteiger partial charge in [-0.3, -0.25) is 4.79 Å². The number of para-hydroxylation sites is 1. The third kappa shape index (κ3) is 3.34. The van der Waals surface area contributed by atoms with Crippen molar-refractivity contribution in [2.24, 2.45) is 0 Å². The van der Waals surface area contributed by atoms with Gasteiger partial charge in [-0.25, -0.2) is 0 Å². The predicted molar refractivity (Wildman–Crippen MR) is 81.6 cm³/mol. The van der Waals surface area contributed by atoms with Crippen LogP contribution < -0.4 is 4.74 Å². The normalized spacial score (nSPS) is 10.2. The highest BCUT2D eigenvalue weighted by atomic mass is 16.5. The van der Waals surface area contributed by atoms with E-state index in [0.29, 0.717) is 17.7 Å². The van der Waals surface area contributed by atoms with Crippen LogP contribution in [0.15, 0.2) is 42.5 Å². The fourth-order valence-corrected chi connectivity index (χ4v) is 2.11. The van der Waals surface area contributed by atoms with Crippen molar-refractivity contribution in [1.29, 1.82) is 0 Å². The average molecular weight is 285 g/mol. The van der Waals surface area contributed by atoms with Crippen molar-refractivity contribution in [1.82, 2.24) is 4.90 Å². The highest BCUT2D eigenvalue weighted by molar-refractivity contribution is 5.97. The van der Waals surface area contributed by atoms with E-state index in [1.807, 2.05) is 24.3 Å². The van der Waals surface area contributed by atoms with Gasteiger partial charge in [0.1, 0.15) is 11.5 Å². The lowest BCUT2D eigenvalue weighted by Gasteiger charge is -2.18. The first-order chi connectivity index (χ1) is 10.0. The summed E-state index contributed by atoms with van der Waals surface area (Å²) in [6.45, 7) is 2.24. The van der Waals surface area contributed by atoms with Gasteiger partial charge in [0.05, 0.1) is 12.7 Å². The molecular formula is C17H19NO3. The van der Waals surface area contributed by atoms with Crippen LogP contribution in [0.5, 0.6) is 11.5 Å². The van der Waals surface area contributed by atoms with Gasteiger partial charge in [0, 0.05) is 13.6 Å². The predicted octanol–water partition coefficient (Wildman–Crippen LogP) is 2.98. The van der Waals surface area contributed by atoms with E-state index in [4.69, 9.17) is 4.74 Å². The largest absolute Gasteiger partial charge is 0.507 e. The monoisotopic (exact) mass is 285 g/mol. The van der Waals surface area contributed by atoms with Gasteiger partial charge in [-0.2, -0.15) is 0 Å². The SMILES string of the molecule is COc1ccc(CN(C)C(=O)c2cccc(C)c2O)cc1. The second kappa shape index (κ2) is 6.31. The number of carbonyl (C=O) groups excluding carboxylic acids is 1. The molecule has 0 unspecified atom stereocenters. The van der Waals surface area contributed by atoms with Crippen molar-refractivity contribution in [3.05, 3.63) is 59.2 Å². The summed E-state index contributed by atoms with van der Waals surface area (Å²) in [5.74, 6) is 0.625. The van der Waals surface area contributed by atoms with Crippen LogP contribution in [-0.2, 0) is 6.54 Å². The van der Waals surface area contributed by atoms with Gasteiger partial charge in [-0.15, -0.1) is 0 Å². The lowest BCUT2D eigenvalue weighted by molar-refractivity contribution is 0.0782. The van der Waals surface area contributed by atoms with Crippen molar-refractivity contribution in [3.8, 4) is 11.5 Å². The molecule has 0 saturated heterocycles. The van der Waals surface area contributed by atoms with Crippen LogP contribution in [0.4, 0.5) is 0 Å². The van der Waals surface area contributed by atoms with Crippen LogP contribution in [0.2, 0.25) is 0 Å². The summed E-state index contributed by atoms with van der Waals surface area (Å²) >= 11 is 0.